The van der Waals surface area contributed by atoms with E-state index < -0.39 is 9.84 Å². The molecule has 19 rings (SSSR count). The van der Waals surface area contributed by atoms with Crippen molar-refractivity contribution in [2.45, 2.75) is 123 Å². The fraction of sp³-hybridized carbons (Fsp3) is 0.250. The molecule has 0 amide bonds. The van der Waals surface area contributed by atoms with Gasteiger partial charge >= 0.3 is 0 Å². The third kappa shape index (κ3) is 8.24. The first kappa shape index (κ1) is 55.6. The number of sulfone groups is 1. The number of hydrogen-bond acceptors (Lipinski definition) is 4. The van der Waals surface area contributed by atoms with Crippen LogP contribution in [-0.4, -0.2) is 8.42 Å². The molecule has 4 nitrogen and oxygen atoms in total. The van der Waals surface area contributed by atoms with Crippen molar-refractivity contribution in [3.8, 4) is 66.8 Å². The zero-order chi connectivity index (χ0) is 61.9. The molecule has 1 heterocycles. The molecule has 11 aromatic carbocycles. The standard InChI is InChI=1S/C88H76N2O2S/c1-55-47-57-23-25-63(49-57)71-19-9-10-20-72(71)73-39-35-67(51-77(55)73)89(65-31-26-61(27-32-65)59-15-5-3-6-16-59)69-38-43-83-79(53-69)85-84(93(83,91)92)44-41-76-78-52-68(37-42-80(78)87(86(76)85)45-13-14-46-87)90(66-33-28-62(29-34-66)60-17-7-4-8-18-60)70-36-40-75-74-21-11-12-22-81(74)88(82(75)54-70)56(2)48-58-24-30-64(88)50-58/h3-12,15-22,26-29,31-44,51-58,63-64H,13-14,23-25,30,45-50H2,1-2H3/t55-,56-,57-,58-,63-,64-,88?/m0/s1. The Morgan fingerprint density at radius 2 is 0.903 bits per heavy atom. The van der Waals surface area contributed by atoms with Gasteiger partial charge in [0.25, 0.3) is 0 Å². The lowest BCUT2D eigenvalue weighted by atomic mass is 9.56. The normalized spacial score (nSPS) is 23.2. The van der Waals surface area contributed by atoms with Crippen molar-refractivity contribution < 1.29 is 8.42 Å². The van der Waals surface area contributed by atoms with Gasteiger partial charge in [-0.15, -0.1) is 0 Å². The molecule has 0 saturated heterocycles. The fourth-order valence-electron chi connectivity index (χ4n) is 20.6. The molecule has 4 bridgehead atoms. The SMILES string of the molecule is C[C@H]1C[C@@H]2CC[C@@H](C2)c2ccccc2-c2ccc(N(c3ccc(-c4ccccc4)cc3)c3ccc4c(c3)-c3c(ccc5c3C3(CCCC3)c3ccc(N(c6ccc(-c7ccccc7)cc6)c6ccc7c(c6)C6(c8ccccc8-7)[C@H]7CC[C@H](C7)C[C@@H]6C)cc3-5)S4(=O)=O)cc21. The summed E-state index contributed by atoms with van der Waals surface area (Å²) in [5.41, 5.74) is 28.7. The molecular formula is C88H76N2O2S. The zero-order valence-electron chi connectivity index (χ0n) is 53.2. The van der Waals surface area contributed by atoms with Crippen molar-refractivity contribution in [3.05, 3.63) is 276 Å². The predicted octanol–water partition coefficient (Wildman–Crippen LogP) is 23.4. The van der Waals surface area contributed by atoms with E-state index in [1.165, 1.54) is 135 Å². The van der Waals surface area contributed by atoms with Crippen LogP contribution in [0.25, 0.3) is 66.8 Å². The number of anilines is 6. The Morgan fingerprint density at radius 3 is 1.62 bits per heavy atom. The van der Waals surface area contributed by atoms with Gasteiger partial charge in [-0.25, -0.2) is 8.42 Å². The molecule has 5 heteroatoms. The van der Waals surface area contributed by atoms with Gasteiger partial charge in [0.1, 0.15) is 0 Å². The van der Waals surface area contributed by atoms with Crippen LogP contribution < -0.4 is 9.80 Å². The Balaban J connectivity index is 0.777. The lowest BCUT2D eigenvalue weighted by Gasteiger charge is -2.47. The number of nitrogens with zero attached hydrogens (tertiary/aromatic N) is 2. The monoisotopic (exact) mass is 1220 g/mol. The van der Waals surface area contributed by atoms with Gasteiger partial charge in [-0.1, -0.05) is 191 Å². The number of hydrogen-bond donors (Lipinski definition) is 0. The van der Waals surface area contributed by atoms with Crippen molar-refractivity contribution in [2.24, 2.45) is 23.7 Å². The van der Waals surface area contributed by atoms with Gasteiger partial charge in [-0.2, -0.15) is 0 Å². The smallest absolute Gasteiger partial charge is 0.207 e. The predicted molar refractivity (Wildman–Crippen MR) is 382 cm³/mol. The van der Waals surface area contributed by atoms with Crippen LogP contribution in [0.15, 0.2) is 252 Å². The van der Waals surface area contributed by atoms with Crippen LogP contribution in [0.3, 0.4) is 0 Å². The van der Waals surface area contributed by atoms with E-state index in [0.29, 0.717) is 39.4 Å². The van der Waals surface area contributed by atoms with Gasteiger partial charge in [0, 0.05) is 56.1 Å². The number of benzene rings is 11. The highest BCUT2D eigenvalue weighted by atomic mass is 32.2. The van der Waals surface area contributed by atoms with Crippen LogP contribution in [0.4, 0.5) is 34.1 Å². The van der Waals surface area contributed by atoms with Crippen LogP contribution in [0.1, 0.15) is 136 Å². The molecule has 1 aliphatic heterocycles. The van der Waals surface area contributed by atoms with Gasteiger partial charge in [-0.3, -0.25) is 0 Å². The summed E-state index contributed by atoms with van der Waals surface area (Å²) in [4.78, 5) is 5.75. The first-order valence-corrected chi connectivity index (χ1v) is 36.2. The molecule has 2 spiro atoms. The highest BCUT2D eigenvalue weighted by Gasteiger charge is 2.57. The maximum Gasteiger partial charge on any atom is 0.207 e. The molecule has 456 valence electrons. The van der Waals surface area contributed by atoms with Crippen LogP contribution in [0.5, 0.6) is 0 Å². The molecule has 93 heavy (non-hydrogen) atoms. The lowest BCUT2D eigenvalue weighted by molar-refractivity contribution is 0.162. The molecule has 0 N–H and O–H groups in total. The van der Waals surface area contributed by atoms with Crippen LogP contribution in [-0.2, 0) is 20.7 Å². The first-order chi connectivity index (χ1) is 45.6. The average molecular weight is 1230 g/mol. The van der Waals surface area contributed by atoms with E-state index in [1.807, 2.05) is 12.1 Å². The summed E-state index contributed by atoms with van der Waals surface area (Å²) in [7, 11) is -3.88. The van der Waals surface area contributed by atoms with Gasteiger partial charge in [0.2, 0.25) is 9.84 Å². The molecular weight excluding hydrogens is 1150 g/mol. The highest BCUT2D eigenvalue weighted by molar-refractivity contribution is 7.92. The van der Waals surface area contributed by atoms with Crippen molar-refractivity contribution in [1.82, 2.24) is 0 Å². The largest absolute Gasteiger partial charge is 0.310 e. The molecule has 8 aliphatic rings. The van der Waals surface area contributed by atoms with E-state index in [9.17, 15) is 0 Å². The summed E-state index contributed by atoms with van der Waals surface area (Å²) in [5.74, 6) is 3.61. The second-order valence-electron chi connectivity index (χ2n) is 29.1. The summed E-state index contributed by atoms with van der Waals surface area (Å²) in [6.45, 7) is 5.00. The Morgan fingerprint density at radius 1 is 0.376 bits per heavy atom. The van der Waals surface area contributed by atoms with E-state index in [-0.39, 0.29) is 10.8 Å². The molecule has 4 fully saturated rings. The Labute approximate surface area is 548 Å². The van der Waals surface area contributed by atoms with E-state index in [1.54, 1.807) is 0 Å². The summed E-state index contributed by atoms with van der Waals surface area (Å²) in [6.07, 6.45) is 14.3. The second kappa shape index (κ2) is 21.0. The van der Waals surface area contributed by atoms with E-state index >= 15 is 8.42 Å². The summed E-state index contributed by atoms with van der Waals surface area (Å²) < 4.78 is 30.9. The second-order valence-corrected chi connectivity index (χ2v) is 31.0. The molecule has 11 aromatic rings. The van der Waals surface area contributed by atoms with E-state index in [0.717, 1.165) is 82.3 Å². The fourth-order valence-corrected chi connectivity index (χ4v) is 22.2. The Kier molecular flexibility index (Phi) is 12.5. The molecule has 4 saturated carbocycles. The highest BCUT2D eigenvalue weighted by Crippen LogP contribution is 2.67. The van der Waals surface area contributed by atoms with Crippen LogP contribution in [0.2, 0.25) is 0 Å². The number of rotatable bonds is 8. The average Bonchev–Trinajstić information content (AvgIpc) is 1.55. The van der Waals surface area contributed by atoms with E-state index in [2.05, 4.69) is 254 Å². The van der Waals surface area contributed by atoms with Crippen molar-refractivity contribution in [3.63, 3.8) is 0 Å². The van der Waals surface area contributed by atoms with Gasteiger partial charge in [0.05, 0.1) is 9.79 Å². The maximum absolute atomic E-state index is 15.5. The quantitative estimate of drug-likeness (QED) is 0.152. The van der Waals surface area contributed by atoms with E-state index in [4.69, 9.17) is 0 Å². The summed E-state index contributed by atoms with van der Waals surface area (Å²) in [5, 5.41) is 0. The third-order valence-corrected chi connectivity index (χ3v) is 26.3. The van der Waals surface area contributed by atoms with Crippen LogP contribution in [0, 0.1) is 23.7 Å². The van der Waals surface area contributed by atoms with Crippen molar-refractivity contribution in [2.75, 3.05) is 9.80 Å². The minimum absolute atomic E-state index is 0.0332. The Bertz CT molecular complexity index is 4970. The zero-order valence-corrected chi connectivity index (χ0v) is 54.0. The van der Waals surface area contributed by atoms with Gasteiger partial charge < -0.3 is 9.80 Å². The Hall–Kier alpha value is -9.03. The third-order valence-electron chi connectivity index (χ3n) is 24.5. The molecule has 1 unspecified atom stereocenters. The van der Waals surface area contributed by atoms with Crippen LogP contribution >= 0.6 is 0 Å². The minimum atomic E-state index is -3.88. The van der Waals surface area contributed by atoms with Crippen molar-refractivity contribution >= 4 is 44.0 Å². The number of fused-ring (bicyclic) bond motifs is 23. The summed E-state index contributed by atoms with van der Waals surface area (Å²) in [6, 6.07) is 90.3. The molecule has 0 aromatic heterocycles. The minimum Gasteiger partial charge on any atom is -0.310 e. The maximum atomic E-state index is 15.5. The topological polar surface area (TPSA) is 40.6 Å². The van der Waals surface area contributed by atoms with Gasteiger partial charge in [-0.05, 0) is 267 Å². The van der Waals surface area contributed by atoms with Gasteiger partial charge in [0.15, 0.2) is 0 Å². The lowest BCUT2D eigenvalue weighted by Crippen LogP contribution is -2.43. The van der Waals surface area contributed by atoms with Crippen molar-refractivity contribution in [1.29, 1.82) is 0 Å². The molecule has 7 aliphatic carbocycles. The molecule has 7 atom stereocenters. The first-order valence-electron chi connectivity index (χ1n) is 34.7. The summed E-state index contributed by atoms with van der Waals surface area (Å²) >= 11 is 0. The molecule has 0 radical (unpaired) electrons.